The third kappa shape index (κ3) is 4.73. The van der Waals surface area contributed by atoms with Crippen LogP contribution < -0.4 is 10.1 Å². The smallest absolute Gasteiger partial charge is 0.270 e. The number of aryl methyl sites for hydroxylation is 1. The van der Waals surface area contributed by atoms with Crippen LogP contribution in [0, 0.1) is 17.0 Å². The van der Waals surface area contributed by atoms with E-state index in [1.807, 2.05) is 30.3 Å². The van der Waals surface area contributed by atoms with Gasteiger partial charge in [0.1, 0.15) is 10.6 Å². The van der Waals surface area contributed by atoms with Crippen LogP contribution in [0.25, 0.3) is 22.2 Å². The number of thiazole rings is 1. The molecular weight excluding hydrogens is 422 g/mol. The minimum atomic E-state index is -0.509. The molecule has 0 radical (unpaired) electrons. The Balaban J connectivity index is 1.39. The van der Waals surface area contributed by atoms with Gasteiger partial charge >= 0.3 is 0 Å². The lowest BCUT2D eigenvalue weighted by atomic mass is 10.2. The zero-order valence-corrected chi connectivity index (χ0v) is 17.0. The van der Waals surface area contributed by atoms with E-state index >= 15 is 0 Å². The van der Waals surface area contributed by atoms with Gasteiger partial charge in [-0.2, -0.15) is 4.98 Å². The van der Waals surface area contributed by atoms with Crippen molar-refractivity contribution in [2.24, 2.45) is 0 Å². The average molecular weight is 437 g/mol. The molecule has 0 atom stereocenters. The highest BCUT2D eigenvalue weighted by atomic mass is 32.1. The monoisotopic (exact) mass is 437 g/mol. The first-order valence-electron chi connectivity index (χ1n) is 9.03. The zero-order valence-electron chi connectivity index (χ0n) is 16.1. The summed E-state index contributed by atoms with van der Waals surface area (Å²) in [5.41, 5.74) is 1.41. The second-order valence-corrected chi connectivity index (χ2v) is 7.31. The normalized spacial score (nSPS) is 10.6. The Morgan fingerprint density at radius 2 is 1.90 bits per heavy atom. The minimum absolute atomic E-state index is 0.0564. The van der Waals surface area contributed by atoms with Gasteiger partial charge in [0.05, 0.1) is 10.6 Å². The largest absolute Gasteiger partial charge is 0.484 e. The fraction of sp³-hybridized carbons (Fsp3) is 0.100. The molecule has 0 aliphatic heterocycles. The topological polar surface area (TPSA) is 133 Å². The highest BCUT2D eigenvalue weighted by Crippen LogP contribution is 2.32. The van der Waals surface area contributed by atoms with E-state index < -0.39 is 10.8 Å². The molecular formula is C20H15N5O5S. The van der Waals surface area contributed by atoms with Gasteiger partial charge in [0.25, 0.3) is 17.5 Å². The van der Waals surface area contributed by atoms with Crippen LogP contribution in [0.4, 0.5) is 10.8 Å². The summed E-state index contributed by atoms with van der Waals surface area (Å²) in [7, 11) is 0. The second kappa shape index (κ2) is 8.71. The van der Waals surface area contributed by atoms with Crippen LogP contribution in [0.3, 0.4) is 0 Å². The molecule has 0 saturated carbocycles. The fourth-order valence-corrected chi connectivity index (χ4v) is 3.54. The molecule has 0 spiro atoms. The number of nitrogens with zero attached hydrogens (tertiary/aromatic N) is 4. The van der Waals surface area contributed by atoms with Gasteiger partial charge in [-0.1, -0.05) is 46.8 Å². The Bertz CT molecular complexity index is 1220. The van der Waals surface area contributed by atoms with Gasteiger partial charge < -0.3 is 9.26 Å². The first kappa shape index (κ1) is 20.2. The van der Waals surface area contributed by atoms with Gasteiger partial charge in [-0.3, -0.25) is 20.2 Å². The molecule has 1 N–H and O–H groups in total. The van der Waals surface area contributed by atoms with E-state index in [-0.39, 0.29) is 12.3 Å². The van der Waals surface area contributed by atoms with E-state index in [1.165, 1.54) is 35.6 Å². The molecule has 2 aromatic carbocycles. The molecule has 0 fully saturated rings. The minimum Gasteiger partial charge on any atom is -0.484 e. The van der Waals surface area contributed by atoms with Crippen molar-refractivity contribution in [1.82, 2.24) is 15.1 Å². The quantitative estimate of drug-likeness (QED) is 0.337. The number of carbonyl (C=O) groups excluding carboxylic acids is 1. The molecule has 1 amide bonds. The van der Waals surface area contributed by atoms with Crippen LogP contribution in [-0.2, 0) is 4.79 Å². The molecule has 156 valence electrons. The third-order valence-electron chi connectivity index (χ3n) is 4.11. The fourth-order valence-electron chi connectivity index (χ4n) is 2.64. The van der Waals surface area contributed by atoms with Gasteiger partial charge in [0.2, 0.25) is 5.82 Å². The third-order valence-corrected chi connectivity index (χ3v) is 5.17. The molecule has 0 bridgehead atoms. The molecule has 0 aliphatic rings. The van der Waals surface area contributed by atoms with Gasteiger partial charge in [-0.15, -0.1) is 0 Å². The van der Waals surface area contributed by atoms with E-state index in [2.05, 4.69) is 20.4 Å². The van der Waals surface area contributed by atoms with Crippen molar-refractivity contribution in [3.8, 4) is 27.9 Å². The summed E-state index contributed by atoms with van der Waals surface area (Å²) in [5, 5.41) is 17.7. The summed E-state index contributed by atoms with van der Waals surface area (Å²) in [6, 6.07) is 14.9. The van der Waals surface area contributed by atoms with Gasteiger partial charge in [-0.05, 0) is 19.1 Å². The lowest BCUT2D eigenvalue weighted by Gasteiger charge is -2.05. The maximum Gasteiger partial charge on any atom is 0.270 e. The van der Waals surface area contributed by atoms with Gasteiger partial charge in [-0.25, -0.2) is 4.98 Å². The Morgan fingerprint density at radius 1 is 1.16 bits per heavy atom. The van der Waals surface area contributed by atoms with Crippen LogP contribution in [0.15, 0.2) is 59.1 Å². The SMILES string of the molecule is Cc1nc(NC(=O)COc2ccc([N+](=O)[O-])cc2)sc1-c1nc(-c2ccccc2)no1. The van der Waals surface area contributed by atoms with Crippen LogP contribution in [0.5, 0.6) is 5.75 Å². The molecule has 31 heavy (non-hydrogen) atoms. The van der Waals surface area contributed by atoms with Crippen LogP contribution in [0.1, 0.15) is 5.69 Å². The van der Waals surface area contributed by atoms with Crippen molar-refractivity contribution in [2.75, 3.05) is 11.9 Å². The second-order valence-electron chi connectivity index (χ2n) is 6.31. The number of hydrogen-bond donors (Lipinski definition) is 1. The average Bonchev–Trinajstić information content (AvgIpc) is 3.40. The molecule has 0 aliphatic carbocycles. The van der Waals surface area contributed by atoms with Crippen molar-refractivity contribution in [2.45, 2.75) is 6.92 Å². The number of hydrogen-bond acceptors (Lipinski definition) is 9. The first-order chi connectivity index (χ1) is 15.0. The van der Waals surface area contributed by atoms with Crippen molar-refractivity contribution in [3.05, 3.63) is 70.4 Å². The molecule has 11 heteroatoms. The Kier molecular flexibility index (Phi) is 5.67. The number of nitro groups is 1. The summed E-state index contributed by atoms with van der Waals surface area (Å²) in [6.45, 7) is 1.51. The van der Waals surface area contributed by atoms with Crippen molar-refractivity contribution in [3.63, 3.8) is 0 Å². The lowest BCUT2D eigenvalue weighted by molar-refractivity contribution is -0.384. The summed E-state index contributed by atoms with van der Waals surface area (Å²) in [4.78, 5) is 31.7. The number of anilines is 1. The molecule has 4 rings (SSSR count). The summed E-state index contributed by atoms with van der Waals surface area (Å²) in [6.07, 6.45) is 0. The van der Waals surface area contributed by atoms with Crippen LogP contribution in [-0.4, -0.2) is 32.6 Å². The number of ether oxygens (including phenoxy) is 1. The van der Waals surface area contributed by atoms with Crippen LogP contribution >= 0.6 is 11.3 Å². The Labute approximate surface area is 179 Å². The van der Waals surface area contributed by atoms with E-state index in [4.69, 9.17) is 9.26 Å². The van der Waals surface area contributed by atoms with Crippen molar-refractivity contribution in [1.29, 1.82) is 0 Å². The zero-order chi connectivity index (χ0) is 21.8. The van der Waals surface area contributed by atoms with E-state index in [1.54, 1.807) is 6.92 Å². The molecule has 2 aromatic heterocycles. The number of non-ortho nitro benzene ring substituents is 1. The van der Waals surface area contributed by atoms with Crippen LogP contribution in [0.2, 0.25) is 0 Å². The number of amides is 1. The number of nitrogens with one attached hydrogen (secondary N) is 1. The molecule has 4 aromatic rings. The maximum absolute atomic E-state index is 12.2. The van der Waals surface area contributed by atoms with E-state index in [0.717, 1.165) is 5.56 Å². The van der Waals surface area contributed by atoms with Gasteiger partial charge in [0, 0.05) is 17.7 Å². The highest BCUT2D eigenvalue weighted by Gasteiger charge is 2.18. The molecule has 2 heterocycles. The van der Waals surface area contributed by atoms with Crippen molar-refractivity contribution < 1.29 is 19.0 Å². The Morgan fingerprint density at radius 3 is 2.61 bits per heavy atom. The number of rotatable bonds is 7. The molecule has 0 saturated heterocycles. The number of aromatic nitrogens is 3. The number of benzene rings is 2. The van der Waals surface area contributed by atoms with E-state index in [0.29, 0.717) is 33.2 Å². The van der Waals surface area contributed by atoms with Gasteiger partial charge in [0.15, 0.2) is 11.7 Å². The first-order valence-corrected chi connectivity index (χ1v) is 9.85. The number of carbonyl (C=O) groups is 1. The number of nitro benzene ring substituents is 1. The highest BCUT2D eigenvalue weighted by molar-refractivity contribution is 7.19. The molecule has 0 unspecified atom stereocenters. The lowest BCUT2D eigenvalue weighted by Crippen LogP contribution is -2.20. The summed E-state index contributed by atoms with van der Waals surface area (Å²) >= 11 is 1.21. The predicted molar refractivity (Wildman–Crippen MR) is 113 cm³/mol. The molecule has 10 nitrogen and oxygen atoms in total. The maximum atomic E-state index is 12.2. The predicted octanol–water partition coefficient (Wildman–Crippen LogP) is 4.09. The summed E-state index contributed by atoms with van der Waals surface area (Å²) in [5.74, 6) is 0.701. The standard InChI is InChI=1S/C20H15N5O5S/c1-12-17(19-23-18(24-30-19)13-5-3-2-4-6-13)31-20(21-12)22-16(26)11-29-15-9-7-14(8-10-15)25(27)28/h2-10H,11H2,1H3,(H,21,22,26). The Hall–Kier alpha value is -4.12. The summed E-state index contributed by atoms with van der Waals surface area (Å²) < 4.78 is 10.7. The van der Waals surface area contributed by atoms with Crippen molar-refractivity contribution >= 4 is 28.1 Å². The van der Waals surface area contributed by atoms with E-state index in [9.17, 15) is 14.9 Å².